The summed E-state index contributed by atoms with van der Waals surface area (Å²) in [5, 5.41) is 5.10. The lowest BCUT2D eigenvalue weighted by Crippen LogP contribution is -2.47. The fourth-order valence-corrected chi connectivity index (χ4v) is 4.41. The molecule has 0 saturated heterocycles. The number of hydrogen-bond donors (Lipinski definition) is 3. The maximum Gasteiger partial charge on any atom is 0.348 e. The van der Waals surface area contributed by atoms with Crippen molar-refractivity contribution in [2.24, 2.45) is 0 Å². The van der Waals surface area contributed by atoms with Crippen molar-refractivity contribution < 1.29 is 36.7 Å². The van der Waals surface area contributed by atoms with Gasteiger partial charge in [0.15, 0.2) is 0 Å². The second-order valence-corrected chi connectivity index (χ2v) is 9.92. The molecular formula is C20H23N3O8S2. The SMILES string of the molecule is CCOC(=O)C1=C(COC(=O)c2ccc(CCNS(C)(=O)=O)s2)NC(=O)NC1c1ccco1. The molecule has 0 fully saturated rings. The number of sulfonamides is 1. The van der Waals surface area contributed by atoms with E-state index in [0.717, 1.165) is 22.5 Å². The topological polar surface area (TPSA) is 153 Å². The van der Waals surface area contributed by atoms with Gasteiger partial charge in [0, 0.05) is 11.4 Å². The van der Waals surface area contributed by atoms with Crippen molar-refractivity contribution >= 4 is 39.3 Å². The molecule has 2 amide bonds. The summed E-state index contributed by atoms with van der Waals surface area (Å²) in [6, 6.07) is 4.99. The minimum atomic E-state index is -3.29. The van der Waals surface area contributed by atoms with Crippen molar-refractivity contribution in [1.29, 1.82) is 0 Å². The summed E-state index contributed by atoms with van der Waals surface area (Å²) < 4.78 is 40.5. The Morgan fingerprint density at radius 2 is 2.00 bits per heavy atom. The van der Waals surface area contributed by atoms with E-state index in [4.69, 9.17) is 13.9 Å². The Hall–Kier alpha value is -3.16. The number of ether oxygens (including phenoxy) is 2. The predicted molar refractivity (Wildman–Crippen MR) is 118 cm³/mol. The molecule has 1 aliphatic rings. The molecule has 2 aromatic rings. The van der Waals surface area contributed by atoms with Crippen molar-refractivity contribution in [3.63, 3.8) is 0 Å². The van der Waals surface area contributed by atoms with Gasteiger partial charge in [-0.25, -0.2) is 27.5 Å². The van der Waals surface area contributed by atoms with Gasteiger partial charge in [-0.2, -0.15) is 0 Å². The number of hydrogen-bond acceptors (Lipinski definition) is 9. The Balaban J connectivity index is 1.73. The van der Waals surface area contributed by atoms with Gasteiger partial charge in [-0.1, -0.05) is 0 Å². The van der Waals surface area contributed by atoms with Crippen molar-refractivity contribution in [1.82, 2.24) is 15.4 Å². The normalized spacial score (nSPS) is 16.2. The number of thiophene rings is 1. The fourth-order valence-electron chi connectivity index (χ4n) is 3.04. The van der Waals surface area contributed by atoms with Crippen LogP contribution < -0.4 is 15.4 Å². The fraction of sp³-hybridized carbons (Fsp3) is 0.350. The molecule has 33 heavy (non-hydrogen) atoms. The van der Waals surface area contributed by atoms with Gasteiger partial charge in [0.25, 0.3) is 0 Å². The van der Waals surface area contributed by atoms with Gasteiger partial charge >= 0.3 is 18.0 Å². The van der Waals surface area contributed by atoms with Gasteiger partial charge in [0.1, 0.15) is 23.3 Å². The smallest absolute Gasteiger partial charge is 0.348 e. The maximum atomic E-state index is 12.6. The lowest BCUT2D eigenvalue weighted by molar-refractivity contribution is -0.139. The molecule has 0 bridgehead atoms. The minimum absolute atomic E-state index is 0.0675. The molecule has 1 unspecified atom stereocenters. The van der Waals surface area contributed by atoms with Crippen LogP contribution in [0.15, 0.2) is 46.2 Å². The lowest BCUT2D eigenvalue weighted by Gasteiger charge is -2.27. The zero-order valence-electron chi connectivity index (χ0n) is 17.9. The zero-order valence-corrected chi connectivity index (χ0v) is 19.5. The molecule has 1 atom stereocenters. The summed E-state index contributed by atoms with van der Waals surface area (Å²) in [5.74, 6) is -1.02. The van der Waals surface area contributed by atoms with Gasteiger partial charge in [-0.05, 0) is 37.6 Å². The molecule has 1 aliphatic heterocycles. The lowest BCUT2D eigenvalue weighted by atomic mass is 10.0. The molecule has 3 N–H and O–H groups in total. The molecule has 13 heteroatoms. The summed E-state index contributed by atoms with van der Waals surface area (Å²) in [7, 11) is -3.29. The Kier molecular flexibility index (Phi) is 7.89. The van der Waals surface area contributed by atoms with Crippen LogP contribution in [0.4, 0.5) is 4.79 Å². The molecule has 0 saturated carbocycles. The summed E-state index contributed by atoms with van der Waals surface area (Å²) in [6.45, 7) is 1.59. The van der Waals surface area contributed by atoms with Crippen LogP contribution in [0.1, 0.15) is 33.3 Å². The van der Waals surface area contributed by atoms with E-state index in [9.17, 15) is 22.8 Å². The number of amides is 2. The first-order valence-corrected chi connectivity index (χ1v) is 12.6. The first kappa shape index (κ1) is 24.5. The molecule has 178 valence electrons. The van der Waals surface area contributed by atoms with Gasteiger partial charge in [0.05, 0.1) is 30.4 Å². The van der Waals surface area contributed by atoms with Crippen LogP contribution in [0.25, 0.3) is 0 Å². The van der Waals surface area contributed by atoms with Gasteiger partial charge in [-0.15, -0.1) is 11.3 Å². The number of nitrogens with one attached hydrogen (secondary N) is 3. The molecule has 0 aromatic carbocycles. The van der Waals surface area contributed by atoms with Crippen LogP contribution in [0.2, 0.25) is 0 Å². The largest absolute Gasteiger partial charge is 0.467 e. The zero-order chi connectivity index (χ0) is 24.0. The predicted octanol–water partition coefficient (Wildman–Crippen LogP) is 1.46. The van der Waals surface area contributed by atoms with Crippen LogP contribution in [0, 0.1) is 0 Å². The van der Waals surface area contributed by atoms with Crippen molar-refractivity contribution in [3.8, 4) is 0 Å². The first-order valence-electron chi connectivity index (χ1n) is 9.89. The molecule has 0 radical (unpaired) electrons. The average molecular weight is 498 g/mol. The quantitative estimate of drug-likeness (QED) is 0.417. The molecule has 11 nitrogen and oxygen atoms in total. The monoisotopic (exact) mass is 497 g/mol. The van der Waals surface area contributed by atoms with Crippen molar-refractivity contribution in [2.75, 3.05) is 26.0 Å². The Morgan fingerprint density at radius 3 is 2.67 bits per heavy atom. The van der Waals surface area contributed by atoms with E-state index < -0.39 is 34.0 Å². The van der Waals surface area contributed by atoms with E-state index in [1.54, 1.807) is 31.2 Å². The van der Waals surface area contributed by atoms with E-state index >= 15 is 0 Å². The second-order valence-electron chi connectivity index (χ2n) is 6.92. The standard InChI is InChI=1S/C20H23N3O8S2/c1-3-29-19(25)16-13(22-20(26)23-17(16)14-5-4-10-30-14)11-31-18(24)15-7-6-12(32-15)8-9-21-33(2,27)28/h4-7,10,17,21H,3,8-9,11H2,1-2H3,(H2,22,23,26). The third-order valence-corrected chi connectivity index (χ3v) is 6.28. The Bertz CT molecular complexity index is 1150. The van der Waals surface area contributed by atoms with Crippen LogP contribution in [-0.2, 0) is 30.7 Å². The second kappa shape index (κ2) is 10.6. The highest BCUT2D eigenvalue weighted by molar-refractivity contribution is 7.88. The molecule has 3 heterocycles. The molecular weight excluding hydrogens is 474 g/mol. The number of rotatable bonds is 10. The van der Waals surface area contributed by atoms with Crippen LogP contribution in [0.5, 0.6) is 0 Å². The maximum absolute atomic E-state index is 12.6. The van der Waals surface area contributed by atoms with E-state index in [1.165, 1.54) is 6.26 Å². The number of esters is 2. The van der Waals surface area contributed by atoms with Gasteiger partial charge in [-0.3, -0.25) is 0 Å². The van der Waals surface area contributed by atoms with E-state index in [0.29, 0.717) is 17.1 Å². The highest BCUT2D eigenvalue weighted by atomic mass is 32.2. The summed E-state index contributed by atoms with van der Waals surface area (Å²) in [6.07, 6.45) is 2.89. The highest BCUT2D eigenvalue weighted by Gasteiger charge is 2.35. The first-order chi connectivity index (χ1) is 15.7. The van der Waals surface area contributed by atoms with E-state index in [-0.39, 0.29) is 31.0 Å². The van der Waals surface area contributed by atoms with Gasteiger partial charge < -0.3 is 24.5 Å². The average Bonchev–Trinajstić information content (AvgIpc) is 3.43. The number of furan rings is 1. The molecule has 0 spiro atoms. The van der Waals surface area contributed by atoms with E-state index in [1.807, 2.05) is 0 Å². The third-order valence-electron chi connectivity index (χ3n) is 4.42. The summed E-state index contributed by atoms with van der Waals surface area (Å²) in [4.78, 5) is 38.4. The number of carbonyl (C=O) groups excluding carboxylic acids is 3. The Labute approximate surface area is 194 Å². The van der Waals surface area contributed by atoms with Gasteiger partial charge in [0.2, 0.25) is 10.0 Å². The molecule has 2 aromatic heterocycles. The highest BCUT2D eigenvalue weighted by Crippen LogP contribution is 2.28. The van der Waals surface area contributed by atoms with Crippen LogP contribution in [-0.4, -0.2) is 52.4 Å². The van der Waals surface area contributed by atoms with Crippen LogP contribution in [0.3, 0.4) is 0 Å². The van der Waals surface area contributed by atoms with Crippen LogP contribution >= 0.6 is 11.3 Å². The summed E-state index contributed by atoms with van der Waals surface area (Å²) in [5.41, 5.74) is 0.152. The number of carbonyl (C=O) groups is 3. The van der Waals surface area contributed by atoms with Crippen molar-refractivity contribution in [2.45, 2.75) is 19.4 Å². The third kappa shape index (κ3) is 6.66. The van der Waals surface area contributed by atoms with Crippen molar-refractivity contribution in [3.05, 3.63) is 57.3 Å². The minimum Gasteiger partial charge on any atom is -0.467 e. The Morgan fingerprint density at radius 1 is 1.21 bits per heavy atom. The molecule has 3 rings (SSSR count). The van der Waals surface area contributed by atoms with E-state index in [2.05, 4.69) is 15.4 Å². The summed E-state index contributed by atoms with van der Waals surface area (Å²) >= 11 is 1.16. The number of urea groups is 1. The molecule has 0 aliphatic carbocycles.